The molecule has 1 heterocycles. The van der Waals surface area contributed by atoms with E-state index in [4.69, 9.17) is 9.47 Å². The van der Waals surface area contributed by atoms with E-state index < -0.39 is 11.8 Å². The number of carbonyl (C=O) groups excluding carboxylic acids is 2. The maximum atomic E-state index is 13.6. The minimum absolute atomic E-state index is 0.219. The second kappa shape index (κ2) is 8.82. The van der Waals surface area contributed by atoms with Crippen LogP contribution in [0.25, 0.3) is 5.57 Å². The number of carbonyl (C=O) groups is 2. The monoisotopic (exact) mass is 442 g/mol. The highest BCUT2D eigenvalue weighted by Gasteiger charge is 2.40. The van der Waals surface area contributed by atoms with Crippen molar-refractivity contribution in [3.8, 4) is 11.5 Å². The standard InChI is InChI=1S/C27H26N2O4/c1-16-7-6-8-21(13-16)29-26(30)24(19-10-12-22(32-4)23(15-19)33-5)25(27(29)31)28-20-11-9-17(2)18(3)14-20/h6-15,28H,1-5H3. The van der Waals surface area contributed by atoms with Gasteiger partial charge in [0.2, 0.25) is 0 Å². The highest BCUT2D eigenvalue weighted by Crippen LogP contribution is 2.37. The maximum absolute atomic E-state index is 13.6. The zero-order chi connectivity index (χ0) is 23.7. The first-order valence-corrected chi connectivity index (χ1v) is 10.6. The van der Waals surface area contributed by atoms with Gasteiger partial charge in [0.05, 0.1) is 25.5 Å². The van der Waals surface area contributed by atoms with Crippen LogP contribution in [0, 0.1) is 20.8 Å². The van der Waals surface area contributed by atoms with Crippen LogP contribution in [0.2, 0.25) is 0 Å². The van der Waals surface area contributed by atoms with Crippen molar-refractivity contribution >= 4 is 28.8 Å². The van der Waals surface area contributed by atoms with Crippen LogP contribution in [0.15, 0.2) is 66.4 Å². The second-order valence-electron chi connectivity index (χ2n) is 8.03. The Morgan fingerprint density at radius 2 is 1.52 bits per heavy atom. The number of benzene rings is 3. The summed E-state index contributed by atoms with van der Waals surface area (Å²) in [6.07, 6.45) is 0. The number of ether oxygens (including phenoxy) is 2. The van der Waals surface area contributed by atoms with E-state index in [9.17, 15) is 9.59 Å². The molecule has 1 aliphatic heterocycles. The van der Waals surface area contributed by atoms with Crippen LogP contribution in [-0.2, 0) is 9.59 Å². The minimum Gasteiger partial charge on any atom is -0.493 e. The Morgan fingerprint density at radius 1 is 0.758 bits per heavy atom. The molecule has 3 aromatic carbocycles. The number of anilines is 2. The lowest BCUT2D eigenvalue weighted by Crippen LogP contribution is -2.32. The summed E-state index contributed by atoms with van der Waals surface area (Å²) in [5, 5.41) is 3.21. The van der Waals surface area contributed by atoms with Gasteiger partial charge < -0.3 is 14.8 Å². The van der Waals surface area contributed by atoms with Crippen LogP contribution in [0.5, 0.6) is 11.5 Å². The maximum Gasteiger partial charge on any atom is 0.282 e. The first-order valence-electron chi connectivity index (χ1n) is 10.6. The summed E-state index contributed by atoms with van der Waals surface area (Å²) in [5.74, 6) is 0.206. The lowest BCUT2D eigenvalue weighted by atomic mass is 10.0. The predicted octanol–water partition coefficient (Wildman–Crippen LogP) is 5.03. The van der Waals surface area contributed by atoms with Crippen LogP contribution >= 0.6 is 0 Å². The molecule has 0 bridgehead atoms. The zero-order valence-electron chi connectivity index (χ0n) is 19.4. The molecule has 0 saturated carbocycles. The molecule has 0 atom stereocenters. The molecule has 0 spiro atoms. The SMILES string of the molecule is COc1ccc(C2=C(Nc3ccc(C)c(C)c3)C(=O)N(c3cccc(C)c3)C2=O)cc1OC. The van der Waals surface area contributed by atoms with E-state index in [2.05, 4.69) is 5.32 Å². The summed E-state index contributed by atoms with van der Waals surface area (Å²) in [6, 6.07) is 18.4. The molecule has 1 N–H and O–H groups in total. The smallest absolute Gasteiger partial charge is 0.282 e. The van der Waals surface area contributed by atoms with E-state index >= 15 is 0 Å². The zero-order valence-corrected chi connectivity index (χ0v) is 19.4. The van der Waals surface area contributed by atoms with Crippen molar-refractivity contribution in [3.05, 3.63) is 88.6 Å². The molecule has 6 nitrogen and oxygen atoms in total. The van der Waals surface area contributed by atoms with Crippen LogP contribution in [0.3, 0.4) is 0 Å². The van der Waals surface area contributed by atoms with E-state index in [1.165, 1.54) is 12.0 Å². The van der Waals surface area contributed by atoms with Crippen LogP contribution in [-0.4, -0.2) is 26.0 Å². The molecule has 3 aromatic rings. The summed E-state index contributed by atoms with van der Waals surface area (Å²) in [7, 11) is 3.08. The van der Waals surface area contributed by atoms with Gasteiger partial charge in [0, 0.05) is 5.69 Å². The number of nitrogens with zero attached hydrogens (tertiary/aromatic N) is 1. The molecule has 4 rings (SSSR count). The Morgan fingerprint density at radius 3 is 2.18 bits per heavy atom. The van der Waals surface area contributed by atoms with E-state index in [-0.39, 0.29) is 11.3 Å². The number of methoxy groups -OCH3 is 2. The van der Waals surface area contributed by atoms with Crippen molar-refractivity contribution in [3.63, 3.8) is 0 Å². The summed E-state index contributed by atoms with van der Waals surface area (Å²) in [5.41, 5.74) is 5.50. The van der Waals surface area contributed by atoms with Gasteiger partial charge in [0.15, 0.2) is 11.5 Å². The van der Waals surface area contributed by atoms with Crippen molar-refractivity contribution in [1.29, 1.82) is 0 Å². The van der Waals surface area contributed by atoms with Crippen LogP contribution in [0.1, 0.15) is 22.3 Å². The van der Waals surface area contributed by atoms with Gasteiger partial charge in [-0.15, -0.1) is 0 Å². The Hall–Kier alpha value is -4.06. The summed E-state index contributed by atoms with van der Waals surface area (Å²) in [4.78, 5) is 28.4. The Balaban J connectivity index is 1.86. The molecule has 6 heteroatoms. The second-order valence-corrected chi connectivity index (χ2v) is 8.03. The molecule has 0 aromatic heterocycles. The minimum atomic E-state index is -0.409. The predicted molar refractivity (Wildman–Crippen MR) is 130 cm³/mol. The first-order chi connectivity index (χ1) is 15.8. The average Bonchev–Trinajstić information content (AvgIpc) is 3.05. The fraction of sp³-hybridized carbons (Fsp3) is 0.185. The number of hydrogen-bond donors (Lipinski definition) is 1. The largest absolute Gasteiger partial charge is 0.493 e. The highest BCUT2D eigenvalue weighted by atomic mass is 16.5. The van der Waals surface area contributed by atoms with Gasteiger partial charge in [-0.25, -0.2) is 4.90 Å². The number of nitrogens with one attached hydrogen (secondary N) is 1. The fourth-order valence-electron chi connectivity index (χ4n) is 3.87. The normalized spacial score (nSPS) is 13.5. The molecule has 33 heavy (non-hydrogen) atoms. The fourth-order valence-corrected chi connectivity index (χ4v) is 3.87. The van der Waals surface area contributed by atoms with Gasteiger partial charge in [-0.2, -0.15) is 0 Å². The topological polar surface area (TPSA) is 67.9 Å². The first kappa shape index (κ1) is 22.1. The van der Waals surface area contributed by atoms with Gasteiger partial charge in [-0.05, 0) is 79.4 Å². The van der Waals surface area contributed by atoms with E-state index in [1.54, 1.807) is 31.4 Å². The average molecular weight is 443 g/mol. The highest BCUT2D eigenvalue weighted by molar-refractivity contribution is 6.46. The van der Waals surface area contributed by atoms with E-state index in [0.717, 1.165) is 22.4 Å². The van der Waals surface area contributed by atoms with Crippen LogP contribution < -0.4 is 19.7 Å². The van der Waals surface area contributed by atoms with Gasteiger partial charge in [0.1, 0.15) is 5.70 Å². The number of imide groups is 1. The van der Waals surface area contributed by atoms with Gasteiger partial charge in [-0.1, -0.05) is 24.3 Å². The van der Waals surface area contributed by atoms with Gasteiger partial charge in [-0.3, -0.25) is 9.59 Å². The third-order valence-electron chi connectivity index (χ3n) is 5.79. The third kappa shape index (κ3) is 4.07. The number of amides is 2. The van der Waals surface area contributed by atoms with E-state index in [0.29, 0.717) is 22.7 Å². The molecular formula is C27H26N2O4. The lowest BCUT2D eigenvalue weighted by molar-refractivity contribution is -0.120. The molecule has 2 amide bonds. The molecule has 0 aliphatic carbocycles. The molecule has 0 unspecified atom stereocenters. The van der Waals surface area contributed by atoms with Crippen molar-refractivity contribution < 1.29 is 19.1 Å². The molecule has 0 radical (unpaired) electrons. The van der Waals surface area contributed by atoms with Crippen molar-refractivity contribution in [2.75, 3.05) is 24.4 Å². The number of rotatable bonds is 6. The third-order valence-corrected chi connectivity index (χ3v) is 5.79. The van der Waals surface area contributed by atoms with Crippen molar-refractivity contribution in [2.45, 2.75) is 20.8 Å². The molecule has 1 aliphatic rings. The summed E-state index contributed by atoms with van der Waals surface area (Å²) < 4.78 is 10.8. The molecular weight excluding hydrogens is 416 g/mol. The molecule has 168 valence electrons. The number of aryl methyl sites for hydroxylation is 3. The van der Waals surface area contributed by atoms with Gasteiger partial charge >= 0.3 is 0 Å². The van der Waals surface area contributed by atoms with Crippen LogP contribution in [0.4, 0.5) is 11.4 Å². The quantitative estimate of drug-likeness (QED) is 0.543. The number of hydrogen-bond acceptors (Lipinski definition) is 5. The molecule has 0 fully saturated rings. The van der Waals surface area contributed by atoms with Crippen molar-refractivity contribution in [2.24, 2.45) is 0 Å². The van der Waals surface area contributed by atoms with Gasteiger partial charge in [0.25, 0.3) is 11.8 Å². The lowest BCUT2D eigenvalue weighted by Gasteiger charge is -2.16. The molecule has 0 saturated heterocycles. The Bertz CT molecular complexity index is 1290. The summed E-state index contributed by atoms with van der Waals surface area (Å²) in [6.45, 7) is 5.95. The van der Waals surface area contributed by atoms with Crippen molar-refractivity contribution in [1.82, 2.24) is 0 Å². The summed E-state index contributed by atoms with van der Waals surface area (Å²) >= 11 is 0. The van der Waals surface area contributed by atoms with E-state index in [1.807, 2.05) is 57.2 Å². The Kier molecular flexibility index (Phi) is 5.92. The Labute approximate surface area is 193 Å².